The number of nitrogens with zero attached hydrogens (tertiary/aromatic N) is 2. The van der Waals surface area contributed by atoms with Crippen LogP contribution in [-0.4, -0.2) is 246 Å². The summed E-state index contributed by atoms with van der Waals surface area (Å²) in [6, 6.07) is 32.5. The number of ether oxygens (including phenoxy) is 10. The van der Waals surface area contributed by atoms with Crippen LogP contribution in [0.3, 0.4) is 0 Å². The van der Waals surface area contributed by atoms with Crippen molar-refractivity contribution in [1.29, 1.82) is 0 Å². The highest BCUT2D eigenvalue weighted by Gasteiger charge is 2.55. The van der Waals surface area contributed by atoms with Gasteiger partial charge in [-0.05, 0) is 118 Å². The second-order valence-electron chi connectivity index (χ2n) is 32.3. The molecule has 42 heteroatoms. The molecule has 0 aromatic heterocycles. The zero-order valence-corrected chi connectivity index (χ0v) is 80.6. The maximum absolute atomic E-state index is 12.5. The third-order valence-electron chi connectivity index (χ3n) is 21.7. The number of phenolic OH excluding ortho intramolecular Hbond substituents is 4. The highest BCUT2D eigenvalue weighted by atomic mass is 35.5. The molecule has 0 saturated carbocycles. The Morgan fingerprint density at radius 2 is 0.791 bits per heavy atom. The number of halogens is 3. The van der Waals surface area contributed by atoms with Crippen molar-refractivity contribution in [2.45, 2.75) is 128 Å². The van der Waals surface area contributed by atoms with Crippen LogP contribution >= 0.6 is 24.0 Å². The summed E-state index contributed by atoms with van der Waals surface area (Å²) in [6.07, 6.45) is 6.18. The summed E-state index contributed by atoms with van der Waals surface area (Å²) < 4.78 is 56.1. The second-order valence-corrected chi connectivity index (χ2v) is 32.6. The van der Waals surface area contributed by atoms with Crippen LogP contribution in [-0.2, 0) is 97.0 Å². The molecular weight excluding hydrogens is 1870 g/mol. The molecule has 39 nitrogen and oxygen atoms in total. The Labute approximate surface area is 823 Å². The van der Waals surface area contributed by atoms with Crippen molar-refractivity contribution in [3.8, 4) is 46.0 Å². The number of aromatic hydroxyl groups is 4. The number of fused-ring (bicyclic) bond motifs is 12. The topological polar surface area (TPSA) is 590 Å². The van der Waals surface area contributed by atoms with Crippen LogP contribution in [0.25, 0.3) is 5.53 Å². The van der Waals surface area contributed by atoms with Crippen molar-refractivity contribution in [3.63, 3.8) is 0 Å². The quantitative estimate of drug-likeness (QED) is 0.00650. The molecular formula is C97H128Cl3N13O26. The largest absolute Gasteiger partial charge is 1.00 e. The Kier molecular flexibility index (Phi) is 52.2. The van der Waals surface area contributed by atoms with Gasteiger partial charge in [-0.2, -0.15) is 4.79 Å². The number of hydrogen-bond acceptors (Lipinski definition) is 30. The average molecular weight is 2000 g/mol. The number of Topliss-reactive ketones (excluding diaryl/α,β-unsaturated/α-hetero) is 4. The van der Waals surface area contributed by atoms with E-state index in [1.807, 2.05) is 24.3 Å². The number of esters is 2. The predicted octanol–water partition coefficient (Wildman–Crippen LogP) is 3.36. The number of quaternary nitrogens is 1. The molecule has 4 atom stereocenters. The molecule has 4 heterocycles. The van der Waals surface area contributed by atoms with E-state index in [4.69, 9.17) is 76.0 Å². The van der Waals surface area contributed by atoms with Gasteiger partial charge in [-0.3, -0.25) is 47.9 Å². The molecule has 0 unspecified atom stereocenters. The normalized spacial score (nSPS) is 13.2. The summed E-state index contributed by atoms with van der Waals surface area (Å²) in [7, 11) is 0. The minimum atomic E-state index is -1.17. The predicted molar refractivity (Wildman–Crippen MR) is 508 cm³/mol. The molecule has 0 aliphatic carbocycles. The molecule has 2 spiro atoms. The second kappa shape index (κ2) is 62.2. The number of hydrogen-bond donors (Lipinski definition) is 15. The summed E-state index contributed by atoms with van der Waals surface area (Å²) in [4.78, 5) is 147. The monoisotopic (exact) mass is 2000 g/mol. The third kappa shape index (κ3) is 38.5. The number of benzene rings is 6. The van der Waals surface area contributed by atoms with Gasteiger partial charge < -0.3 is 145 Å². The van der Waals surface area contributed by atoms with E-state index in [0.29, 0.717) is 243 Å². The molecule has 6 aromatic carbocycles. The average Bonchev–Trinajstić information content (AvgIpc) is 1.58. The van der Waals surface area contributed by atoms with E-state index < -0.39 is 58.6 Å². The van der Waals surface area contributed by atoms with Crippen LogP contribution in [0.2, 0.25) is 0 Å². The number of nitrogens with two attached hydrogens (primary N) is 2. The Balaban J connectivity index is 0.000000333. The van der Waals surface area contributed by atoms with E-state index in [0.717, 1.165) is 19.1 Å². The molecule has 6 aromatic rings. The van der Waals surface area contributed by atoms with Crippen LogP contribution in [0.1, 0.15) is 165 Å². The first-order chi connectivity index (χ1) is 65.8. The molecule has 0 bridgehead atoms. The number of carbonyl (C=O) groups excluding carboxylic acids is 12. The first-order valence-corrected chi connectivity index (χ1v) is 45.8. The van der Waals surface area contributed by atoms with Crippen LogP contribution in [0.5, 0.6) is 46.0 Å². The van der Waals surface area contributed by atoms with E-state index in [1.54, 1.807) is 55.5 Å². The number of nitrogens with one attached hydrogen (secondary N) is 8. The van der Waals surface area contributed by atoms with Gasteiger partial charge in [-0.1, -0.05) is 56.5 Å². The summed E-state index contributed by atoms with van der Waals surface area (Å²) in [6.45, 7) is 19.9. The maximum atomic E-state index is 12.5. The van der Waals surface area contributed by atoms with Gasteiger partial charge in [-0.25, -0.2) is 9.59 Å². The molecule has 4 aliphatic heterocycles. The van der Waals surface area contributed by atoms with Crippen molar-refractivity contribution >= 4 is 101 Å². The highest BCUT2D eigenvalue weighted by Crippen LogP contribution is 2.59. The fraction of sp³-hybridized carbons (Fsp3) is 0.454. The van der Waals surface area contributed by atoms with Crippen molar-refractivity contribution in [2.75, 3.05) is 138 Å². The number of alkyl halides is 1. The van der Waals surface area contributed by atoms with E-state index in [-0.39, 0.29) is 146 Å². The minimum Gasteiger partial charge on any atom is -1.00 e. The van der Waals surface area contributed by atoms with Gasteiger partial charge >= 0.3 is 18.2 Å². The van der Waals surface area contributed by atoms with Gasteiger partial charge in [-0.15, -0.1) is 24.0 Å². The van der Waals surface area contributed by atoms with Crippen LogP contribution in [0.4, 0.5) is 0 Å². The summed E-state index contributed by atoms with van der Waals surface area (Å²) in [5.41, 5.74) is 25.9. The van der Waals surface area contributed by atoms with Gasteiger partial charge in [0.15, 0.2) is 34.6 Å². The standard InChI is InChI=1S/C29H51N7O8.C28H51ClN6O8.2C20H12O5.2ClH/c1-22(29(41)35-20-26(38)19-25(27(39)21-36-31)7-4-10-32-23(2)30)8-9-28(40)34-12-6-14-43-16-18-44-17-15-42-13-5-11-33-24(3)37;1-21(30)32-9-3-6-23(26(38)19-29)18-24(37)20-35-28(40)25(31)7-8-27(39)34-11-5-13-42-15-17-43-16-14-41-12-4-10-33-22(2)36;2*21-11-5-7-15-17(9-11)24-18-10-12(22)6-8-16(18)20(15)14-4-2-1-3-13(14)19(23)25-20;;/h21-22,25,32H,2,4-20,30H2,1,3H3,(H,33,37)(H,34,40)(H,35,41);23,25,32H,1,3-20,30-31H2,2H3,(H,33,36)(H,34,39)(H,35,40);2*1-10,21-22H;2*1H/t22-,25+;23-,25+;;;;/m01..../s1. The van der Waals surface area contributed by atoms with Crippen LogP contribution in [0, 0.1) is 17.8 Å². The lowest BCUT2D eigenvalue weighted by atomic mass is 9.77. The molecule has 6 amide bonds. The van der Waals surface area contributed by atoms with Gasteiger partial charge in [0.05, 0.1) is 94.6 Å². The smallest absolute Gasteiger partial charge is 0.340 e. The summed E-state index contributed by atoms with van der Waals surface area (Å²) in [5.74, 6) is -3.05. The molecule has 0 fully saturated rings. The van der Waals surface area contributed by atoms with Crippen molar-refractivity contribution in [2.24, 2.45) is 29.2 Å². The van der Waals surface area contributed by atoms with E-state index in [9.17, 15) is 78.0 Å². The van der Waals surface area contributed by atoms with Gasteiger partial charge in [0.2, 0.25) is 35.3 Å². The molecule has 139 heavy (non-hydrogen) atoms. The molecule has 10 rings (SSSR count). The van der Waals surface area contributed by atoms with Crippen LogP contribution < -0.4 is 81.6 Å². The van der Waals surface area contributed by atoms with Crippen molar-refractivity contribution < 1.29 is 148 Å². The van der Waals surface area contributed by atoms with E-state index in [2.05, 4.69) is 66.2 Å². The molecule has 19 N–H and O–H groups in total. The van der Waals surface area contributed by atoms with Crippen LogP contribution in [0.15, 0.2) is 146 Å². The van der Waals surface area contributed by atoms with Gasteiger partial charge in [0, 0.05) is 187 Å². The number of ketones is 4. The Morgan fingerprint density at radius 3 is 1.15 bits per heavy atom. The van der Waals surface area contributed by atoms with Gasteiger partial charge in [0.25, 0.3) is 5.91 Å². The third-order valence-corrected chi connectivity index (χ3v) is 21.9. The first-order valence-electron chi connectivity index (χ1n) is 45.2. The Bertz CT molecular complexity index is 4890. The highest BCUT2D eigenvalue weighted by molar-refractivity contribution is 6.28. The van der Waals surface area contributed by atoms with Gasteiger partial charge in [0.1, 0.15) is 46.0 Å². The molecule has 758 valence electrons. The molecule has 0 saturated heterocycles. The number of phenols is 4. The Morgan fingerprint density at radius 1 is 0.460 bits per heavy atom. The fourth-order valence-electron chi connectivity index (χ4n) is 14.7. The summed E-state index contributed by atoms with van der Waals surface area (Å²) >= 11 is 5.68. The number of carbonyl (C=O) groups is 12. The van der Waals surface area contributed by atoms with Crippen molar-refractivity contribution in [3.05, 3.63) is 196 Å². The minimum absolute atomic E-state index is 0. The number of amides is 6. The lowest BCUT2D eigenvalue weighted by Gasteiger charge is -2.36. The lowest BCUT2D eigenvalue weighted by molar-refractivity contribution is -0.404. The van der Waals surface area contributed by atoms with E-state index in [1.165, 1.54) is 62.4 Å². The number of rotatable bonds is 58. The molecule has 4 aliphatic rings. The molecule has 0 radical (unpaired) electrons. The fourth-order valence-corrected chi connectivity index (χ4v) is 15.0. The van der Waals surface area contributed by atoms with Crippen molar-refractivity contribution in [1.82, 2.24) is 42.5 Å². The maximum Gasteiger partial charge on any atom is 0.340 e. The zero-order valence-electron chi connectivity index (χ0n) is 78.3. The van der Waals surface area contributed by atoms with E-state index >= 15 is 0 Å². The zero-order chi connectivity index (χ0) is 99.7. The SMILES string of the molecule is C=C(N)NCCC[C@H](CC(=O)CNC(=O)[C@@H](C)CCC(=O)NCCCOCCOCCOCCCNC(C)=O)C(=O)C=[N+]=[N-].C=C(N)NCCC[C@H](CC(=O)CNC(=O)[C@@H]([NH3+])CCC(=O)NCCCOCCOCCOCCCNC(C)=O)C(=O)CCl.Cl.O=C1OC2(c3ccc(O)cc3Oc3cc(O)ccc32)c2ccccc21.O=C1OC2(c3ccc(O)cc3Oc3cc(O)ccc32)c2ccccc21.[Cl-]. The summed E-state index contributed by atoms with van der Waals surface area (Å²) in [5, 5.41) is 61.1. The Hall–Kier alpha value is -12.8. The first kappa shape index (κ1) is 117. The lowest BCUT2D eigenvalue weighted by Crippen LogP contribution is -3.00.